The van der Waals surface area contributed by atoms with E-state index >= 15 is 0 Å². The minimum Gasteiger partial charge on any atom is -0.493 e. The Kier molecular flexibility index (Phi) is 3.97. The topological polar surface area (TPSA) is 72.8 Å². The quantitative estimate of drug-likeness (QED) is 0.837. The first kappa shape index (κ1) is 14.4. The minimum absolute atomic E-state index is 0.314. The van der Waals surface area contributed by atoms with Crippen LogP contribution in [-0.4, -0.2) is 31.6 Å². The van der Waals surface area contributed by atoms with Gasteiger partial charge in [0.1, 0.15) is 0 Å². The van der Waals surface area contributed by atoms with E-state index in [9.17, 15) is 14.7 Å². The Labute approximate surface area is 117 Å². The van der Waals surface area contributed by atoms with Crippen molar-refractivity contribution in [3.63, 3.8) is 0 Å². The highest BCUT2D eigenvalue weighted by Crippen LogP contribution is 2.44. The zero-order chi connectivity index (χ0) is 14.8. The number of hydrogen-bond donors (Lipinski definition) is 1. The molecule has 1 aromatic carbocycles. The number of aldehydes is 1. The van der Waals surface area contributed by atoms with Gasteiger partial charge in [-0.2, -0.15) is 0 Å². The average molecular weight is 278 g/mol. The van der Waals surface area contributed by atoms with Gasteiger partial charge in [0.2, 0.25) is 0 Å². The van der Waals surface area contributed by atoms with Crippen molar-refractivity contribution in [3.8, 4) is 11.5 Å². The molecule has 0 unspecified atom stereocenters. The van der Waals surface area contributed by atoms with Crippen LogP contribution in [0.2, 0.25) is 0 Å². The maximum atomic E-state index is 11.7. The Hall–Kier alpha value is -2.04. The summed E-state index contributed by atoms with van der Waals surface area (Å²) in [4.78, 5) is 22.9. The molecule has 0 atom stereocenters. The van der Waals surface area contributed by atoms with Gasteiger partial charge in [-0.3, -0.25) is 9.59 Å². The van der Waals surface area contributed by atoms with Crippen LogP contribution in [-0.2, 0) is 10.2 Å². The van der Waals surface area contributed by atoms with Crippen molar-refractivity contribution < 1.29 is 24.2 Å². The van der Waals surface area contributed by atoms with Crippen LogP contribution in [0.3, 0.4) is 0 Å². The maximum Gasteiger partial charge on any atom is 0.314 e. The molecule has 1 saturated carbocycles. The van der Waals surface area contributed by atoms with Crippen molar-refractivity contribution in [1.29, 1.82) is 0 Å². The summed E-state index contributed by atoms with van der Waals surface area (Å²) in [6.07, 6.45) is 3.57. The molecule has 20 heavy (non-hydrogen) atoms. The zero-order valence-electron chi connectivity index (χ0n) is 11.6. The third kappa shape index (κ3) is 2.13. The third-order valence-electron chi connectivity index (χ3n) is 4.05. The molecule has 0 aromatic heterocycles. The van der Waals surface area contributed by atoms with Gasteiger partial charge >= 0.3 is 5.97 Å². The van der Waals surface area contributed by atoms with E-state index in [-0.39, 0.29) is 0 Å². The molecule has 0 heterocycles. The molecule has 0 bridgehead atoms. The van der Waals surface area contributed by atoms with E-state index in [0.29, 0.717) is 41.8 Å². The molecule has 0 spiro atoms. The average Bonchev–Trinajstić information content (AvgIpc) is 2.96. The van der Waals surface area contributed by atoms with Gasteiger partial charge in [-0.1, -0.05) is 12.8 Å². The monoisotopic (exact) mass is 278 g/mol. The fourth-order valence-corrected chi connectivity index (χ4v) is 2.96. The zero-order valence-corrected chi connectivity index (χ0v) is 11.6. The van der Waals surface area contributed by atoms with Crippen molar-refractivity contribution in [2.24, 2.45) is 0 Å². The van der Waals surface area contributed by atoms with E-state index in [0.717, 1.165) is 12.8 Å². The summed E-state index contributed by atoms with van der Waals surface area (Å²) in [5.41, 5.74) is 0.00810. The molecule has 1 aliphatic carbocycles. The largest absolute Gasteiger partial charge is 0.493 e. The summed E-state index contributed by atoms with van der Waals surface area (Å²) in [7, 11) is 2.92. The van der Waals surface area contributed by atoms with Crippen molar-refractivity contribution in [3.05, 3.63) is 23.3 Å². The molecular formula is C15H18O5. The van der Waals surface area contributed by atoms with E-state index < -0.39 is 11.4 Å². The maximum absolute atomic E-state index is 11.7. The van der Waals surface area contributed by atoms with Gasteiger partial charge in [-0.15, -0.1) is 0 Å². The summed E-state index contributed by atoms with van der Waals surface area (Å²) in [6, 6.07) is 3.28. The molecule has 1 N–H and O–H groups in total. The molecule has 1 fully saturated rings. The molecular weight excluding hydrogens is 260 g/mol. The lowest BCUT2D eigenvalue weighted by Crippen LogP contribution is -2.32. The second-order valence-electron chi connectivity index (χ2n) is 5.01. The van der Waals surface area contributed by atoms with Gasteiger partial charge in [-0.25, -0.2) is 0 Å². The molecule has 2 rings (SSSR count). The number of rotatable bonds is 5. The fourth-order valence-electron chi connectivity index (χ4n) is 2.96. The van der Waals surface area contributed by atoms with Gasteiger partial charge in [0.05, 0.1) is 25.2 Å². The number of carboxylic acid groups (broad SMARTS) is 1. The Morgan fingerprint density at radius 3 is 2.35 bits per heavy atom. The van der Waals surface area contributed by atoms with Gasteiger partial charge in [0.25, 0.3) is 0 Å². The molecule has 0 radical (unpaired) electrons. The van der Waals surface area contributed by atoms with Crippen LogP contribution in [0, 0.1) is 0 Å². The first-order valence-electron chi connectivity index (χ1n) is 6.54. The van der Waals surface area contributed by atoms with Gasteiger partial charge in [0, 0.05) is 0 Å². The van der Waals surface area contributed by atoms with Crippen molar-refractivity contribution in [1.82, 2.24) is 0 Å². The van der Waals surface area contributed by atoms with E-state index in [1.54, 1.807) is 12.1 Å². The lowest BCUT2D eigenvalue weighted by molar-refractivity contribution is -0.143. The smallest absolute Gasteiger partial charge is 0.314 e. The Balaban J connectivity index is 2.62. The van der Waals surface area contributed by atoms with Gasteiger partial charge in [0.15, 0.2) is 17.8 Å². The van der Waals surface area contributed by atoms with Crippen LogP contribution in [0.25, 0.3) is 0 Å². The van der Waals surface area contributed by atoms with Crippen molar-refractivity contribution >= 4 is 12.3 Å². The number of methoxy groups -OCH3 is 2. The van der Waals surface area contributed by atoms with Crippen LogP contribution in [0.4, 0.5) is 0 Å². The van der Waals surface area contributed by atoms with E-state index in [1.807, 2.05) is 0 Å². The first-order chi connectivity index (χ1) is 9.58. The predicted octanol–water partition coefficient (Wildman–Crippen LogP) is 2.41. The van der Waals surface area contributed by atoms with Crippen LogP contribution < -0.4 is 9.47 Å². The second-order valence-corrected chi connectivity index (χ2v) is 5.01. The number of ether oxygens (including phenoxy) is 2. The molecule has 0 aliphatic heterocycles. The van der Waals surface area contributed by atoms with Crippen molar-refractivity contribution in [2.75, 3.05) is 14.2 Å². The SMILES string of the molecule is COc1cc(C2(C(=O)O)CCCC2)cc(C=O)c1OC. The minimum atomic E-state index is -0.919. The summed E-state index contributed by atoms with van der Waals surface area (Å²) in [6.45, 7) is 0. The van der Waals surface area contributed by atoms with E-state index in [4.69, 9.17) is 9.47 Å². The van der Waals surface area contributed by atoms with E-state index in [2.05, 4.69) is 0 Å². The number of carbonyl (C=O) groups is 2. The lowest BCUT2D eigenvalue weighted by atomic mass is 9.78. The summed E-state index contributed by atoms with van der Waals surface area (Å²) < 4.78 is 10.4. The summed E-state index contributed by atoms with van der Waals surface area (Å²) in [5, 5.41) is 9.61. The molecule has 0 amide bonds. The highest BCUT2D eigenvalue weighted by atomic mass is 16.5. The number of aliphatic carboxylic acids is 1. The normalized spacial score (nSPS) is 16.7. The first-order valence-corrected chi connectivity index (χ1v) is 6.54. The highest BCUT2D eigenvalue weighted by molar-refractivity contribution is 5.86. The number of benzene rings is 1. The molecule has 5 nitrogen and oxygen atoms in total. The molecule has 1 aliphatic rings. The van der Waals surface area contributed by atoms with E-state index in [1.165, 1.54) is 14.2 Å². The fraction of sp³-hybridized carbons (Fsp3) is 0.467. The number of hydrogen-bond acceptors (Lipinski definition) is 4. The third-order valence-corrected chi connectivity index (χ3v) is 4.05. The predicted molar refractivity (Wildman–Crippen MR) is 72.7 cm³/mol. The highest BCUT2D eigenvalue weighted by Gasteiger charge is 2.43. The van der Waals surface area contributed by atoms with Gasteiger partial charge < -0.3 is 14.6 Å². The van der Waals surface area contributed by atoms with Crippen molar-refractivity contribution in [2.45, 2.75) is 31.1 Å². The molecule has 1 aromatic rings. The Morgan fingerprint density at radius 2 is 1.90 bits per heavy atom. The Morgan fingerprint density at radius 1 is 1.25 bits per heavy atom. The lowest BCUT2D eigenvalue weighted by Gasteiger charge is -2.26. The van der Waals surface area contributed by atoms with Crippen LogP contribution in [0.5, 0.6) is 11.5 Å². The molecule has 5 heteroatoms. The van der Waals surface area contributed by atoms with Crippen LogP contribution in [0.1, 0.15) is 41.6 Å². The summed E-state index contributed by atoms with van der Waals surface area (Å²) in [5.74, 6) is -0.122. The number of carbonyl (C=O) groups excluding carboxylic acids is 1. The standard InChI is InChI=1S/C15H18O5/c1-19-12-8-11(7-10(9-16)13(12)20-2)15(14(17)18)5-3-4-6-15/h7-9H,3-6H2,1-2H3,(H,17,18). The number of carboxylic acids is 1. The van der Waals surface area contributed by atoms with Gasteiger partial charge in [-0.05, 0) is 30.5 Å². The second kappa shape index (κ2) is 5.53. The molecule has 0 saturated heterocycles. The van der Waals surface area contributed by atoms with Crippen LogP contribution in [0.15, 0.2) is 12.1 Å². The van der Waals surface area contributed by atoms with Crippen LogP contribution >= 0.6 is 0 Å². The molecule has 108 valence electrons. The summed E-state index contributed by atoms with van der Waals surface area (Å²) >= 11 is 0. The Bertz CT molecular complexity index is 529.